The molecule has 0 spiro atoms. The molecule has 0 heterocycles. The second kappa shape index (κ2) is 7.18. The highest BCUT2D eigenvalue weighted by atomic mass is 16.5. The summed E-state index contributed by atoms with van der Waals surface area (Å²) in [7, 11) is 3.00. The molecule has 1 unspecified atom stereocenters. The lowest BCUT2D eigenvalue weighted by Crippen LogP contribution is -2.20. The number of carbonyl (C=O) groups is 1. The molecule has 2 rings (SSSR count). The second-order valence-corrected chi connectivity index (χ2v) is 4.75. The summed E-state index contributed by atoms with van der Waals surface area (Å²) in [5, 5.41) is 21.2. The van der Waals surface area contributed by atoms with Gasteiger partial charge >= 0.3 is 5.97 Å². The zero-order valence-corrected chi connectivity index (χ0v) is 12.7. The number of carboxylic acids is 1. The van der Waals surface area contributed by atoms with Crippen molar-refractivity contribution in [3.8, 4) is 17.6 Å². The van der Waals surface area contributed by atoms with Crippen LogP contribution in [-0.2, 0) is 4.79 Å². The number of ether oxygens (including phenoxy) is 2. The van der Waals surface area contributed by atoms with E-state index in [0.29, 0.717) is 28.3 Å². The van der Waals surface area contributed by atoms with E-state index in [2.05, 4.69) is 5.32 Å². The van der Waals surface area contributed by atoms with Crippen LogP contribution in [0.5, 0.6) is 11.5 Å². The molecular formula is C17H16N2O4. The summed E-state index contributed by atoms with van der Waals surface area (Å²) in [6.07, 6.45) is 0. The van der Waals surface area contributed by atoms with Gasteiger partial charge < -0.3 is 19.9 Å². The highest BCUT2D eigenvalue weighted by molar-refractivity contribution is 5.79. The molecule has 0 amide bonds. The van der Waals surface area contributed by atoms with E-state index in [9.17, 15) is 9.90 Å². The third-order valence-corrected chi connectivity index (χ3v) is 3.28. The molecule has 0 saturated heterocycles. The molecular weight excluding hydrogens is 296 g/mol. The van der Waals surface area contributed by atoms with Gasteiger partial charge in [-0.3, -0.25) is 0 Å². The number of nitriles is 1. The first-order valence-electron chi connectivity index (χ1n) is 6.80. The average Bonchev–Trinajstić information content (AvgIpc) is 2.59. The molecule has 2 aromatic carbocycles. The van der Waals surface area contributed by atoms with Crippen LogP contribution in [0, 0.1) is 11.3 Å². The van der Waals surface area contributed by atoms with Crippen molar-refractivity contribution in [1.29, 1.82) is 5.26 Å². The fourth-order valence-electron chi connectivity index (χ4n) is 2.09. The van der Waals surface area contributed by atoms with E-state index in [4.69, 9.17) is 14.7 Å². The molecule has 0 bridgehead atoms. The zero-order chi connectivity index (χ0) is 16.8. The van der Waals surface area contributed by atoms with Gasteiger partial charge in [0.15, 0.2) is 6.04 Å². The van der Waals surface area contributed by atoms with Crippen molar-refractivity contribution in [2.24, 2.45) is 0 Å². The van der Waals surface area contributed by atoms with Crippen molar-refractivity contribution in [2.45, 2.75) is 6.04 Å². The Kier molecular flexibility index (Phi) is 5.05. The van der Waals surface area contributed by atoms with Crippen molar-refractivity contribution in [2.75, 3.05) is 19.5 Å². The molecule has 0 aromatic heterocycles. The van der Waals surface area contributed by atoms with E-state index in [0.717, 1.165) is 0 Å². The number of rotatable bonds is 6. The molecule has 118 valence electrons. The van der Waals surface area contributed by atoms with E-state index in [1.54, 1.807) is 42.5 Å². The summed E-state index contributed by atoms with van der Waals surface area (Å²) >= 11 is 0. The Balaban J connectivity index is 2.34. The van der Waals surface area contributed by atoms with Gasteiger partial charge in [-0.05, 0) is 42.0 Å². The van der Waals surface area contributed by atoms with Crippen molar-refractivity contribution in [3.63, 3.8) is 0 Å². The third-order valence-electron chi connectivity index (χ3n) is 3.28. The quantitative estimate of drug-likeness (QED) is 0.852. The van der Waals surface area contributed by atoms with Crippen molar-refractivity contribution >= 4 is 11.7 Å². The van der Waals surface area contributed by atoms with Crippen LogP contribution in [0.15, 0.2) is 42.5 Å². The Morgan fingerprint density at radius 3 is 2.13 bits per heavy atom. The lowest BCUT2D eigenvalue weighted by molar-refractivity contribution is -0.138. The smallest absolute Gasteiger partial charge is 0.330 e. The number of nitrogens with zero attached hydrogens (tertiary/aromatic N) is 1. The van der Waals surface area contributed by atoms with Gasteiger partial charge in [-0.2, -0.15) is 5.26 Å². The van der Waals surface area contributed by atoms with Crippen LogP contribution >= 0.6 is 0 Å². The van der Waals surface area contributed by atoms with E-state index < -0.39 is 12.0 Å². The second-order valence-electron chi connectivity index (χ2n) is 4.75. The molecule has 6 nitrogen and oxygen atoms in total. The molecule has 0 radical (unpaired) electrons. The summed E-state index contributed by atoms with van der Waals surface area (Å²) in [5.41, 5.74) is 1.60. The Labute approximate surface area is 133 Å². The Bertz CT molecular complexity index is 713. The molecule has 2 N–H and O–H groups in total. The van der Waals surface area contributed by atoms with E-state index in [1.165, 1.54) is 14.2 Å². The highest BCUT2D eigenvalue weighted by Crippen LogP contribution is 2.28. The summed E-state index contributed by atoms with van der Waals surface area (Å²) in [6, 6.07) is 12.5. The summed E-state index contributed by atoms with van der Waals surface area (Å²) in [5.74, 6) is -0.0240. The molecule has 23 heavy (non-hydrogen) atoms. The maximum Gasteiger partial charge on any atom is 0.330 e. The molecule has 0 aliphatic heterocycles. The number of hydrogen-bond acceptors (Lipinski definition) is 5. The maximum atomic E-state index is 11.6. The number of anilines is 1. The average molecular weight is 312 g/mol. The van der Waals surface area contributed by atoms with Crippen LogP contribution in [0.25, 0.3) is 0 Å². The first-order valence-corrected chi connectivity index (χ1v) is 6.80. The molecule has 1 atom stereocenters. The van der Waals surface area contributed by atoms with Gasteiger partial charge in [-0.25, -0.2) is 4.79 Å². The minimum absolute atomic E-state index is 0.498. The summed E-state index contributed by atoms with van der Waals surface area (Å²) < 4.78 is 10.3. The lowest BCUT2D eigenvalue weighted by atomic mass is 10.1. The molecule has 6 heteroatoms. The first-order chi connectivity index (χ1) is 11.1. The predicted molar refractivity (Wildman–Crippen MR) is 84.7 cm³/mol. The monoisotopic (exact) mass is 312 g/mol. The molecule has 0 fully saturated rings. The lowest BCUT2D eigenvalue weighted by Gasteiger charge is -2.18. The van der Waals surface area contributed by atoms with Gasteiger partial charge in [-0.15, -0.1) is 0 Å². The van der Waals surface area contributed by atoms with Crippen LogP contribution in [0.1, 0.15) is 17.2 Å². The van der Waals surface area contributed by atoms with Crippen LogP contribution < -0.4 is 14.8 Å². The Hall–Kier alpha value is -3.20. The normalized spacial score (nSPS) is 11.2. The van der Waals surface area contributed by atoms with Crippen LogP contribution in [0.3, 0.4) is 0 Å². The summed E-state index contributed by atoms with van der Waals surface area (Å²) in [4.78, 5) is 11.6. The summed E-state index contributed by atoms with van der Waals surface area (Å²) in [6.45, 7) is 0. The van der Waals surface area contributed by atoms with E-state index in [-0.39, 0.29) is 0 Å². The fraction of sp³-hybridized carbons (Fsp3) is 0.176. The maximum absolute atomic E-state index is 11.6. The minimum Gasteiger partial charge on any atom is -0.497 e. The number of carboxylic acid groups (broad SMARTS) is 1. The van der Waals surface area contributed by atoms with Crippen LogP contribution in [-0.4, -0.2) is 25.3 Å². The molecule has 0 aliphatic carbocycles. The number of hydrogen-bond donors (Lipinski definition) is 2. The molecule has 0 aliphatic rings. The first kappa shape index (κ1) is 16.2. The number of benzene rings is 2. The van der Waals surface area contributed by atoms with Crippen LogP contribution in [0.2, 0.25) is 0 Å². The minimum atomic E-state index is -1.04. The zero-order valence-electron chi connectivity index (χ0n) is 12.7. The van der Waals surface area contributed by atoms with E-state index in [1.807, 2.05) is 6.07 Å². The number of aliphatic carboxylic acids is 1. The Morgan fingerprint density at radius 2 is 1.70 bits per heavy atom. The Morgan fingerprint density at radius 1 is 1.13 bits per heavy atom. The molecule has 0 saturated carbocycles. The number of methoxy groups -OCH3 is 2. The van der Waals surface area contributed by atoms with Crippen molar-refractivity contribution < 1.29 is 19.4 Å². The van der Waals surface area contributed by atoms with Gasteiger partial charge in [0.2, 0.25) is 0 Å². The largest absolute Gasteiger partial charge is 0.497 e. The molecule has 2 aromatic rings. The van der Waals surface area contributed by atoms with Gasteiger partial charge in [0.1, 0.15) is 11.5 Å². The van der Waals surface area contributed by atoms with Crippen molar-refractivity contribution in [3.05, 3.63) is 53.6 Å². The van der Waals surface area contributed by atoms with Gasteiger partial charge in [0.25, 0.3) is 0 Å². The highest BCUT2D eigenvalue weighted by Gasteiger charge is 2.21. The van der Waals surface area contributed by atoms with Crippen molar-refractivity contribution in [1.82, 2.24) is 0 Å². The van der Waals surface area contributed by atoms with Gasteiger partial charge in [-0.1, -0.05) is 0 Å². The topological polar surface area (TPSA) is 91.6 Å². The SMILES string of the molecule is COc1cc(OC)cc(C(Nc2ccc(C#N)cc2)C(=O)O)c1. The van der Waals surface area contributed by atoms with Gasteiger partial charge in [0, 0.05) is 11.8 Å². The van der Waals surface area contributed by atoms with Gasteiger partial charge in [0.05, 0.1) is 25.9 Å². The fourth-order valence-corrected chi connectivity index (χ4v) is 2.09. The predicted octanol–water partition coefficient (Wildman–Crippen LogP) is 2.81. The number of nitrogens with one attached hydrogen (secondary N) is 1. The standard InChI is InChI=1S/C17H16N2O4/c1-22-14-7-12(8-15(9-14)23-2)16(17(20)21)19-13-5-3-11(10-18)4-6-13/h3-9,16,19H,1-2H3,(H,20,21). The van der Waals surface area contributed by atoms with E-state index >= 15 is 0 Å². The van der Waals surface area contributed by atoms with Crippen LogP contribution in [0.4, 0.5) is 5.69 Å². The third kappa shape index (κ3) is 3.92.